The van der Waals surface area contributed by atoms with E-state index >= 15 is 0 Å². The van der Waals surface area contributed by atoms with E-state index in [4.69, 9.17) is 11.6 Å². The highest BCUT2D eigenvalue weighted by Gasteiger charge is 2.05. The summed E-state index contributed by atoms with van der Waals surface area (Å²) in [4.78, 5) is 19.0. The van der Waals surface area contributed by atoms with Crippen molar-refractivity contribution in [2.75, 3.05) is 0 Å². The molecule has 0 aliphatic rings. The first-order chi connectivity index (χ1) is 10.2. The van der Waals surface area contributed by atoms with E-state index in [1.54, 1.807) is 42.9 Å². The number of aromatic nitrogens is 2. The number of carbonyl (C=O) groups excluding carboxylic acids is 1. The highest BCUT2D eigenvalue weighted by molar-refractivity contribution is 6.30. The third-order valence-corrected chi connectivity index (χ3v) is 3.18. The first kappa shape index (κ1) is 13.3. The molecule has 2 N–H and O–H groups in total. The molecule has 3 aromatic rings. The molecule has 6 heteroatoms. The van der Waals surface area contributed by atoms with Gasteiger partial charge in [0.2, 0.25) is 0 Å². The molecule has 0 aliphatic heterocycles. The third kappa shape index (κ3) is 3.09. The van der Waals surface area contributed by atoms with E-state index in [0.29, 0.717) is 10.6 Å². The smallest absolute Gasteiger partial charge is 0.271 e. The van der Waals surface area contributed by atoms with Crippen LogP contribution in [0.4, 0.5) is 0 Å². The number of H-pyrrole nitrogens is 1. The molecule has 1 amide bonds. The third-order valence-electron chi connectivity index (χ3n) is 2.93. The van der Waals surface area contributed by atoms with E-state index in [9.17, 15) is 4.79 Å². The van der Waals surface area contributed by atoms with Crippen molar-refractivity contribution in [3.8, 4) is 0 Å². The Hall–Kier alpha value is -2.66. The van der Waals surface area contributed by atoms with Crippen molar-refractivity contribution in [1.29, 1.82) is 0 Å². The number of nitrogens with zero attached hydrogens (tertiary/aromatic N) is 2. The van der Waals surface area contributed by atoms with Gasteiger partial charge in [0.25, 0.3) is 5.91 Å². The fourth-order valence-electron chi connectivity index (χ4n) is 1.86. The molecule has 104 valence electrons. The van der Waals surface area contributed by atoms with Gasteiger partial charge >= 0.3 is 0 Å². The lowest BCUT2D eigenvalue weighted by Gasteiger charge is -2.00. The predicted molar refractivity (Wildman–Crippen MR) is 82.6 cm³/mol. The summed E-state index contributed by atoms with van der Waals surface area (Å²) in [7, 11) is 0. The van der Waals surface area contributed by atoms with E-state index in [1.165, 1.54) is 0 Å². The van der Waals surface area contributed by atoms with Crippen molar-refractivity contribution >= 4 is 34.8 Å². The minimum atomic E-state index is -0.281. The van der Waals surface area contributed by atoms with Gasteiger partial charge < -0.3 is 4.98 Å². The molecule has 21 heavy (non-hydrogen) atoms. The number of fused-ring (bicyclic) bond motifs is 1. The average molecular weight is 299 g/mol. The monoisotopic (exact) mass is 298 g/mol. The quantitative estimate of drug-likeness (QED) is 0.576. The second-order valence-corrected chi connectivity index (χ2v) is 4.82. The van der Waals surface area contributed by atoms with Crippen LogP contribution in [0.5, 0.6) is 0 Å². The van der Waals surface area contributed by atoms with Gasteiger partial charge in [0.1, 0.15) is 0 Å². The molecular weight excluding hydrogens is 288 g/mol. The molecule has 0 saturated heterocycles. The van der Waals surface area contributed by atoms with Gasteiger partial charge in [0.15, 0.2) is 0 Å². The molecule has 0 radical (unpaired) electrons. The molecule has 3 rings (SSSR count). The number of halogens is 1. The van der Waals surface area contributed by atoms with Gasteiger partial charge in [-0.1, -0.05) is 23.7 Å². The number of hydrogen-bond acceptors (Lipinski definition) is 3. The number of amides is 1. The lowest BCUT2D eigenvalue weighted by Crippen LogP contribution is -2.17. The average Bonchev–Trinajstić information content (AvgIpc) is 2.96. The Morgan fingerprint density at radius 1 is 1.24 bits per heavy atom. The van der Waals surface area contributed by atoms with E-state index < -0.39 is 0 Å². The van der Waals surface area contributed by atoms with E-state index in [2.05, 4.69) is 20.5 Å². The molecular formula is C15H11ClN4O. The van der Waals surface area contributed by atoms with Crippen LogP contribution in [0.15, 0.2) is 53.9 Å². The van der Waals surface area contributed by atoms with Crippen LogP contribution in [0.2, 0.25) is 5.02 Å². The van der Waals surface area contributed by atoms with Crippen LogP contribution in [0.25, 0.3) is 11.0 Å². The summed E-state index contributed by atoms with van der Waals surface area (Å²) in [5, 5.41) is 4.58. The number of imidazole rings is 1. The largest absolute Gasteiger partial charge is 0.345 e. The molecule has 0 bridgehead atoms. The van der Waals surface area contributed by atoms with Gasteiger partial charge in [-0.25, -0.2) is 10.4 Å². The molecule has 1 heterocycles. The Balaban J connectivity index is 1.69. The molecule has 0 unspecified atom stereocenters. The van der Waals surface area contributed by atoms with Gasteiger partial charge in [-0.15, -0.1) is 0 Å². The number of hydrogen-bond donors (Lipinski definition) is 2. The zero-order chi connectivity index (χ0) is 14.7. The summed E-state index contributed by atoms with van der Waals surface area (Å²) in [6.07, 6.45) is 3.15. The molecule has 0 atom stereocenters. The van der Waals surface area contributed by atoms with Crippen LogP contribution in [-0.4, -0.2) is 22.1 Å². The molecule has 0 saturated carbocycles. The Kier molecular flexibility index (Phi) is 3.66. The van der Waals surface area contributed by atoms with Gasteiger partial charge in [-0.3, -0.25) is 4.79 Å². The molecule has 0 aliphatic carbocycles. The highest BCUT2D eigenvalue weighted by atomic mass is 35.5. The predicted octanol–water partition coefficient (Wildman–Crippen LogP) is 2.98. The van der Waals surface area contributed by atoms with Gasteiger partial charge in [-0.05, 0) is 35.9 Å². The zero-order valence-corrected chi connectivity index (χ0v) is 11.6. The Bertz CT molecular complexity index is 808. The maximum atomic E-state index is 12.0. The van der Waals surface area contributed by atoms with Gasteiger partial charge in [0, 0.05) is 10.6 Å². The summed E-state index contributed by atoms with van der Waals surface area (Å²) in [5.74, 6) is -0.281. The van der Waals surface area contributed by atoms with E-state index in [1.807, 2.05) is 12.1 Å². The summed E-state index contributed by atoms with van der Waals surface area (Å²) in [6, 6.07) is 12.4. The lowest BCUT2D eigenvalue weighted by molar-refractivity contribution is 0.0955. The van der Waals surface area contributed by atoms with Crippen molar-refractivity contribution in [1.82, 2.24) is 15.4 Å². The standard InChI is InChI=1S/C15H11ClN4O/c16-12-4-1-10(2-5-12)8-19-20-15(21)11-3-6-13-14(7-11)18-9-17-13/h1-9H,(H,17,18)(H,20,21)/b19-8-. The van der Waals surface area contributed by atoms with Gasteiger partial charge in [0.05, 0.1) is 23.6 Å². The number of carbonyl (C=O) groups is 1. The minimum absolute atomic E-state index is 0.281. The number of benzene rings is 2. The maximum Gasteiger partial charge on any atom is 0.271 e. The van der Waals surface area contributed by atoms with Crippen LogP contribution < -0.4 is 5.43 Å². The molecule has 1 aromatic heterocycles. The highest BCUT2D eigenvalue weighted by Crippen LogP contribution is 2.11. The van der Waals surface area contributed by atoms with Crippen LogP contribution in [0.3, 0.4) is 0 Å². The lowest BCUT2D eigenvalue weighted by atomic mass is 10.2. The zero-order valence-electron chi connectivity index (χ0n) is 10.9. The van der Waals surface area contributed by atoms with Crippen molar-refractivity contribution in [2.45, 2.75) is 0 Å². The van der Waals surface area contributed by atoms with E-state index in [-0.39, 0.29) is 5.91 Å². The maximum absolute atomic E-state index is 12.0. The number of rotatable bonds is 3. The normalized spacial score (nSPS) is 11.1. The van der Waals surface area contributed by atoms with Crippen LogP contribution >= 0.6 is 11.6 Å². The fourth-order valence-corrected chi connectivity index (χ4v) is 1.98. The SMILES string of the molecule is O=C(N/N=C\c1ccc(Cl)cc1)c1ccc2nc[nH]c2c1. The van der Waals surface area contributed by atoms with Crippen molar-refractivity contribution in [3.63, 3.8) is 0 Å². The second kappa shape index (κ2) is 5.76. The van der Waals surface area contributed by atoms with Crippen LogP contribution in [0, 0.1) is 0 Å². The summed E-state index contributed by atoms with van der Waals surface area (Å²) in [5.41, 5.74) is 5.47. The summed E-state index contributed by atoms with van der Waals surface area (Å²) < 4.78 is 0. The minimum Gasteiger partial charge on any atom is -0.345 e. The Morgan fingerprint density at radius 2 is 2.05 bits per heavy atom. The van der Waals surface area contributed by atoms with Crippen molar-refractivity contribution in [2.24, 2.45) is 5.10 Å². The first-order valence-corrected chi connectivity index (χ1v) is 6.62. The number of nitrogens with one attached hydrogen (secondary N) is 2. The fraction of sp³-hybridized carbons (Fsp3) is 0. The molecule has 0 spiro atoms. The first-order valence-electron chi connectivity index (χ1n) is 6.24. The second-order valence-electron chi connectivity index (χ2n) is 4.39. The summed E-state index contributed by atoms with van der Waals surface area (Å²) in [6.45, 7) is 0. The Labute approximate surface area is 125 Å². The molecule has 0 fully saturated rings. The van der Waals surface area contributed by atoms with Gasteiger partial charge in [-0.2, -0.15) is 5.10 Å². The van der Waals surface area contributed by atoms with Crippen molar-refractivity contribution < 1.29 is 4.79 Å². The Morgan fingerprint density at radius 3 is 2.86 bits per heavy atom. The summed E-state index contributed by atoms with van der Waals surface area (Å²) >= 11 is 5.79. The number of aromatic amines is 1. The topological polar surface area (TPSA) is 70.1 Å². The molecule has 5 nitrogen and oxygen atoms in total. The van der Waals surface area contributed by atoms with Crippen molar-refractivity contribution in [3.05, 3.63) is 64.9 Å². The number of hydrazone groups is 1. The molecule has 2 aromatic carbocycles. The van der Waals surface area contributed by atoms with Crippen LogP contribution in [-0.2, 0) is 0 Å². The van der Waals surface area contributed by atoms with E-state index in [0.717, 1.165) is 16.6 Å². The van der Waals surface area contributed by atoms with Crippen LogP contribution in [0.1, 0.15) is 15.9 Å².